The summed E-state index contributed by atoms with van der Waals surface area (Å²) < 4.78 is 0. The molecule has 2 unspecified atom stereocenters. The number of allylic oxidation sites excluding steroid dienone is 1. The number of hydrogen-bond donors (Lipinski definition) is 0. The standard InChI is InChI=1S/C23H27NO3/c1-6-9-16-11-15(4)21(17(8-3)12-16)22-19(25)13-18(23(22)27)14-20(26)24(5)10-7-2/h2,6,9,11-12,18,22H,8,10,13-14H2,1,3-5H3/b9-6+. The topological polar surface area (TPSA) is 54.5 Å². The molecule has 142 valence electrons. The summed E-state index contributed by atoms with van der Waals surface area (Å²) in [5.74, 6) is 0.672. The zero-order chi connectivity index (χ0) is 20.1. The summed E-state index contributed by atoms with van der Waals surface area (Å²) >= 11 is 0. The number of aryl methyl sites for hydroxylation is 2. The highest BCUT2D eigenvalue weighted by atomic mass is 16.2. The van der Waals surface area contributed by atoms with Crippen molar-refractivity contribution in [2.24, 2.45) is 5.92 Å². The molecule has 0 N–H and O–H groups in total. The fourth-order valence-electron chi connectivity index (χ4n) is 3.82. The number of hydrogen-bond acceptors (Lipinski definition) is 3. The first kappa shape index (κ1) is 20.6. The van der Waals surface area contributed by atoms with Gasteiger partial charge in [-0.05, 0) is 42.5 Å². The summed E-state index contributed by atoms with van der Waals surface area (Å²) in [4.78, 5) is 39.4. The van der Waals surface area contributed by atoms with Crippen molar-refractivity contribution in [3.05, 3.63) is 40.5 Å². The maximum absolute atomic E-state index is 13.0. The van der Waals surface area contributed by atoms with Gasteiger partial charge in [0.05, 0.1) is 6.54 Å². The lowest BCUT2D eigenvalue weighted by molar-refractivity contribution is -0.133. The number of carbonyl (C=O) groups is 3. The maximum atomic E-state index is 13.0. The number of Topliss-reactive ketones (excluding diaryl/α,β-unsaturated/α-hetero) is 2. The molecule has 1 amide bonds. The van der Waals surface area contributed by atoms with E-state index in [0.717, 1.165) is 28.7 Å². The largest absolute Gasteiger partial charge is 0.335 e. The van der Waals surface area contributed by atoms with Crippen LogP contribution in [0.2, 0.25) is 0 Å². The predicted octanol–water partition coefficient (Wildman–Crippen LogP) is 3.31. The predicted molar refractivity (Wildman–Crippen MR) is 107 cm³/mol. The third-order valence-corrected chi connectivity index (χ3v) is 5.16. The van der Waals surface area contributed by atoms with Crippen LogP contribution in [-0.2, 0) is 20.8 Å². The Bertz CT molecular complexity index is 829. The molecule has 0 radical (unpaired) electrons. The number of nitrogens with zero attached hydrogens (tertiary/aromatic N) is 1. The second kappa shape index (κ2) is 8.81. The van der Waals surface area contributed by atoms with E-state index < -0.39 is 11.8 Å². The fourth-order valence-corrected chi connectivity index (χ4v) is 3.82. The van der Waals surface area contributed by atoms with Gasteiger partial charge < -0.3 is 4.90 Å². The highest BCUT2D eigenvalue weighted by Crippen LogP contribution is 2.38. The molecule has 0 aromatic heterocycles. The van der Waals surface area contributed by atoms with Gasteiger partial charge in [0, 0.05) is 25.8 Å². The van der Waals surface area contributed by atoms with Crippen LogP contribution < -0.4 is 0 Å². The molecule has 0 heterocycles. The Kier molecular flexibility index (Phi) is 6.74. The Morgan fingerprint density at radius 1 is 1.37 bits per heavy atom. The zero-order valence-electron chi connectivity index (χ0n) is 16.5. The maximum Gasteiger partial charge on any atom is 0.223 e. The Balaban J connectivity index is 2.32. The molecular weight excluding hydrogens is 338 g/mol. The van der Waals surface area contributed by atoms with Gasteiger partial charge in [-0.15, -0.1) is 6.42 Å². The molecule has 0 spiro atoms. The van der Waals surface area contributed by atoms with E-state index in [0.29, 0.717) is 0 Å². The quantitative estimate of drug-likeness (QED) is 0.574. The van der Waals surface area contributed by atoms with Crippen molar-refractivity contribution < 1.29 is 14.4 Å². The van der Waals surface area contributed by atoms with Gasteiger partial charge >= 0.3 is 0 Å². The van der Waals surface area contributed by atoms with Gasteiger partial charge in [0.15, 0.2) is 5.78 Å². The molecule has 1 aromatic carbocycles. The summed E-state index contributed by atoms with van der Waals surface area (Å²) in [5.41, 5.74) is 3.86. The molecule has 27 heavy (non-hydrogen) atoms. The molecule has 0 aliphatic heterocycles. The summed E-state index contributed by atoms with van der Waals surface area (Å²) in [5, 5.41) is 0. The van der Waals surface area contributed by atoms with Crippen molar-refractivity contribution in [2.75, 3.05) is 13.6 Å². The second-order valence-corrected chi connectivity index (χ2v) is 7.12. The Morgan fingerprint density at radius 2 is 2.07 bits per heavy atom. The summed E-state index contributed by atoms with van der Waals surface area (Å²) in [7, 11) is 1.61. The molecule has 4 nitrogen and oxygen atoms in total. The monoisotopic (exact) mass is 365 g/mol. The van der Waals surface area contributed by atoms with Crippen molar-refractivity contribution in [1.29, 1.82) is 0 Å². The molecule has 0 bridgehead atoms. The number of ketones is 2. The van der Waals surface area contributed by atoms with E-state index in [9.17, 15) is 14.4 Å². The number of benzene rings is 1. The number of amides is 1. The van der Waals surface area contributed by atoms with Crippen molar-refractivity contribution in [3.8, 4) is 12.3 Å². The molecule has 1 aromatic rings. The van der Waals surface area contributed by atoms with E-state index in [4.69, 9.17) is 6.42 Å². The lowest BCUT2D eigenvalue weighted by atomic mass is 9.84. The molecule has 4 heteroatoms. The Hall–Kier alpha value is -2.67. The van der Waals surface area contributed by atoms with Gasteiger partial charge in [0.2, 0.25) is 5.91 Å². The van der Waals surface area contributed by atoms with Crippen LogP contribution in [0.3, 0.4) is 0 Å². The van der Waals surface area contributed by atoms with E-state index >= 15 is 0 Å². The van der Waals surface area contributed by atoms with Gasteiger partial charge in [-0.1, -0.05) is 37.1 Å². The summed E-state index contributed by atoms with van der Waals surface area (Å²) in [6.07, 6.45) is 10.1. The third kappa shape index (κ3) is 4.36. The van der Waals surface area contributed by atoms with E-state index in [2.05, 4.69) is 5.92 Å². The lowest BCUT2D eigenvalue weighted by Gasteiger charge is -2.19. The molecule has 1 saturated carbocycles. The minimum absolute atomic E-state index is 0.0381. The highest BCUT2D eigenvalue weighted by Gasteiger charge is 2.44. The molecule has 2 rings (SSSR count). The minimum Gasteiger partial charge on any atom is -0.335 e. The Labute approximate surface area is 161 Å². The fraction of sp³-hybridized carbons (Fsp3) is 0.435. The van der Waals surface area contributed by atoms with Crippen molar-refractivity contribution >= 4 is 23.5 Å². The second-order valence-electron chi connectivity index (χ2n) is 7.12. The van der Waals surface area contributed by atoms with Crippen LogP contribution in [-0.4, -0.2) is 36.0 Å². The summed E-state index contributed by atoms with van der Waals surface area (Å²) in [6, 6.07) is 4.05. The van der Waals surface area contributed by atoms with Crippen LogP contribution in [0.25, 0.3) is 6.08 Å². The molecule has 0 saturated heterocycles. The van der Waals surface area contributed by atoms with Gasteiger partial charge in [0.25, 0.3) is 0 Å². The zero-order valence-corrected chi connectivity index (χ0v) is 16.5. The smallest absolute Gasteiger partial charge is 0.223 e. The molecular formula is C23H27NO3. The molecule has 1 fully saturated rings. The van der Waals surface area contributed by atoms with E-state index in [-0.39, 0.29) is 36.9 Å². The van der Waals surface area contributed by atoms with Crippen LogP contribution in [0.1, 0.15) is 54.9 Å². The number of carbonyl (C=O) groups excluding carboxylic acids is 3. The van der Waals surface area contributed by atoms with E-state index in [1.54, 1.807) is 7.05 Å². The number of rotatable bonds is 6. The average molecular weight is 365 g/mol. The van der Waals surface area contributed by atoms with Crippen molar-refractivity contribution in [2.45, 2.75) is 46.0 Å². The van der Waals surface area contributed by atoms with Gasteiger partial charge in [-0.2, -0.15) is 0 Å². The SMILES string of the molecule is C#CCN(C)C(=O)CC1CC(=O)C(c2c(C)cc(/C=C/C)cc2CC)C1=O. The van der Waals surface area contributed by atoms with Crippen molar-refractivity contribution in [3.63, 3.8) is 0 Å². The van der Waals surface area contributed by atoms with Crippen LogP contribution >= 0.6 is 0 Å². The van der Waals surface area contributed by atoms with Gasteiger partial charge in [-0.25, -0.2) is 0 Å². The van der Waals surface area contributed by atoms with Crippen LogP contribution in [0.5, 0.6) is 0 Å². The van der Waals surface area contributed by atoms with E-state index in [1.807, 2.05) is 45.1 Å². The first-order chi connectivity index (χ1) is 12.8. The first-order valence-electron chi connectivity index (χ1n) is 9.33. The number of terminal acetylenes is 1. The van der Waals surface area contributed by atoms with Gasteiger partial charge in [-0.3, -0.25) is 14.4 Å². The normalized spacial score (nSPS) is 19.5. The lowest BCUT2D eigenvalue weighted by Crippen LogP contribution is -2.30. The third-order valence-electron chi connectivity index (χ3n) is 5.16. The van der Waals surface area contributed by atoms with Gasteiger partial charge in [0.1, 0.15) is 11.7 Å². The molecule has 2 atom stereocenters. The van der Waals surface area contributed by atoms with Crippen LogP contribution in [0.15, 0.2) is 18.2 Å². The van der Waals surface area contributed by atoms with Crippen LogP contribution in [0.4, 0.5) is 0 Å². The van der Waals surface area contributed by atoms with E-state index in [1.165, 1.54) is 4.90 Å². The minimum atomic E-state index is -0.754. The Morgan fingerprint density at radius 3 is 2.67 bits per heavy atom. The summed E-state index contributed by atoms with van der Waals surface area (Å²) in [6.45, 7) is 6.12. The first-order valence-corrected chi connectivity index (χ1v) is 9.33. The van der Waals surface area contributed by atoms with Crippen LogP contribution in [0, 0.1) is 25.2 Å². The van der Waals surface area contributed by atoms with Crippen molar-refractivity contribution in [1.82, 2.24) is 4.90 Å². The highest BCUT2D eigenvalue weighted by molar-refractivity contribution is 6.15. The molecule has 1 aliphatic carbocycles. The average Bonchev–Trinajstić information content (AvgIpc) is 2.88. The molecule has 1 aliphatic rings.